The first-order valence-corrected chi connectivity index (χ1v) is 3.90. The highest BCUT2D eigenvalue weighted by atomic mass is 16.2. The highest BCUT2D eigenvalue weighted by Crippen LogP contribution is 1.99. The lowest BCUT2D eigenvalue weighted by atomic mass is 10.2. The summed E-state index contributed by atoms with van der Waals surface area (Å²) in [6, 6.07) is 0. The van der Waals surface area contributed by atoms with E-state index in [1.165, 1.54) is 0 Å². The molecular formula is C7H8N4O3. The highest BCUT2D eigenvalue weighted by Gasteiger charge is 2.25. The number of nitrogens with zero attached hydrogens (tertiary/aromatic N) is 3. The molecule has 0 aromatic heterocycles. The van der Waals surface area contributed by atoms with Crippen LogP contribution in [0.5, 0.6) is 0 Å². The number of aliphatic imine (C=N–C) groups is 1. The summed E-state index contributed by atoms with van der Waals surface area (Å²) in [7, 11) is 0. The van der Waals surface area contributed by atoms with Gasteiger partial charge in [-0.05, 0) is 0 Å². The molecule has 0 atom stereocenters. The third-order valence-electron chi connectivity index (χ3n) is 1.42. The maximum Gasteiger partial charge on any atom is 0.317 e. The van der Waals surface area contributed by atoms with Crippen LogP contribution in [0.2, 0.25) is 0 Å². The maximum atomic E-state index is 11.1. The Hall–Kier alpha value is -1.92. The molecule has 1 N–H and O–H groups in total. The van der Waals surface area contributed by atoms with Crippen LogP contribution in [-0.2, 0) is 14.4 Å². The Labute approximate surface area is 79.3 Å². The van der Waals surface area contributed by atoms with Crippen LogP contribution in [0.15, 0.2) is 15.3 Å². The Balaban J connectivity index is 2.92. The molecule has 0 saturated heterocycles. The van der Waals surface area contributed by atoms with Crippen molar-refractivity contribution in [1.82, 2.24) is 5.43 Å². The Morgan fingerprint density at radius 2 is 2.07 bits per heavy atom. The molecule has 1 rings (SSSR count). The fraction of sp³-hybridized carbons (Fsp3) is 0.429. The largest absolute Gasteiger partial charge is 0.317 e. The Bertz CT molecular complexity index is 356. The van der Waals surface area contributed by atoms with Crippen LogP contribution in [0.3, 0.4) is 0 Å². The van der Waals surface area contributed by atoms with Gasteiger partial charge in [0, 0.05) is 5.92 Å². The van der Waals surface area contributed by atoms with E-state index in [4.69, 9.17) is 0 Å². The Morgan fingerprint density at radius 1 is 1.43 bits per heavy atom. The van der Waals surface area contributed by atoms with Crippen molar-refractivity contribution in [3.63, 3.8) is 0 Å². The average molecular weight is 196 g/mol. The van der Waals surface area contributed by atoms with Crippen LogP contribution in [0.4, 0.5) is 0 Å². The number of hydrogen-bond donors (Lipinski definition) is 1. The summed E-state index contributed by atoms with van der Waals surface area (Å²) in [4.78, 5) is 36.2. The van der Waals surface area contributed by atoms with Gasteiger partial charge in [-0.2, -0.15) is 4.99 Å². The molecule has 7 heteroatoms. The summed E-state index contributed by atoms with van der Waals surface area (Å²) in [5.74, 6) is -3.21. The normalized spacial score (nSPS) is 18.9. The van der Waals surface area contributed by atoms with Crippen molar-refractivity contribution in [2.24, 2.45) is 21.2 Å². The highest BCUT2D eigenvalue weighted by molar-refractivity contribution is 6.65. The van der Waals surface area contributed by atoms with Crippen molar-refractivity contribution in [2.45, 2.75) is 13.8 Å². The number of carbonyl (C=O) groups excluding carboxylic acids is 3. The zero-order valence-electron chi connectivity index (χ0n) is 7.64. The lowest BCUT2D eigenvalue weighted by Gasteiger charge is -2.03. The second-order valence-electron chi connectivity index (χ2n) is 2.90. The number of rotatable bonds is 1. The first kappa shape index (κ1) is 10.2. The molecule has 0 radical (unpaired) electrons. The number of nitrogens with one attached hydrogen (secondary N) is 1. The van der Waals surface area contributed by atoms with Crippen LogP contribution in [0, 0.1) is 5.92 Å². The van der Waals surface area contributed by atoms with Crippen molar-refractivity contribution in [1.29, 1.82) is 0 Å². The van der Waals surface area contributed by atoms with E-state index in [1.54, 1.807) is 13.8 Å². The van der Waals surface area contributed by atoms with Gasteiger partial charge in [0.1, 0.15) is 0 Å². The molecule has 0 bridgehead atoms. The van der Waals surface area contributed by atoms with Crippen molar-refractivity contribution < 1.29 is 14.4 Å². The number of hydrogen-bond acceptors (Lipinski definition) is 4. The Morgan fingerprint density at radius 3 is 2.64 bits per heavy atom. The third-order valence-corrected chi connectivity index (χ3v) is 1.42. The summed E-state index contributed by atoms with van der Waals surface area (Å²) in [6.07, 6.45) is 0. The fourth-order valence-electron chi connectivity index (χ4n) is 0.622. The second kappa shape index (κ2) is 3.86. The van der Waals surface area contributed by atoms with Gasteiger partial charge >= 0.3 is 5.91 Å². The molecule has 0 fully saturated rings. The first-order chi connectivity index (χ1) is 6.52. The summed E-state index contributed by atoms with van der Waals surface area (Å²) < 4.78 is 0. The number of ketones is 1. The van der Waals surface area contributed by atoms with Crippen LogP contribution >= 0.6 is 0 Å². The third kappa shape index (κ3) is 2.06. The minimum atomic E-state index is -0.950. The summed E-state index contributed by atoms with van der Waals surface area (Å²) in [5, 5.41) is 6.38. The molecule has 0 spiro atoms. The lowest BCUT2D eigenvalue weighted by molar-refractivity contribution is -0.134. The molecule has 2 amide bonds. The van der Waals surface area contributed by atoms with Crippen molar-refractivity contribution in [3.8, 4) is 0 Å². The summed E-state index contributed by atoms with van der Waals surface area (Å²) in [6.45, 7) is 3.24. The van der Waals surface area contributed by atoms with Crippen molar-refractivity contribution in [3.05, 3.63) is 0 Å². The minimum Gasteiger partial charge on any atom is -0.279 e. The van der Waals surface area contributed by atoms with Crippen LogP contribution in [0.1, 0.15) is 13.8 Å². The average Bonchev–Trinajstić information content (AvgIpc) is 2.12. The van der Waals surface area contributed by atoms with Gasteiger partial charge in [0.05, 0.1) is 0 Å². The van der Waals surface area contributed by atoms with E-state index in [2.05, 4.69) is 15.3 Å². The monoisotopic (exact) mass is 196 g/mol. The zero-order valence-corrected chi connectivity index (χ0v) is 7.64. The number of amidine groups is 1. The van der Waals surface area contributed by atoms with Gasteiger partial charge < -0.3 is 0 Å². The number of amides is 2. The topological polar surface area (TPSA) is 100 Å². The van der Waals surface area contributed by atoms with Gasteiger partial charge in [-0.25, -0.2) is 5.43 Å². The molecule has 0 aromatic rings. The number of carbonyl (C=O) groups is 3. The molecule has 0 unspecified atom stereocenters. The van der Waals surface area contributed by atoms with Gasteiger partial charge in [0.25, 0.3) is 5.78 Å². The molecule has 1 aliphatic rings. The first-order valence-electron chi connectivity index (χ1n) is 3.90. The molecule has 7 nitrogen and oxygen atoms in total. The van der Waals surface area contributed by atoms with Crippen LogP contribution < -0.4 is 5.43 Å². The zero-order chi connectivity index (χ0) is 10.7. The predicted molar refractivity (Wildman–Crippen MR) is 45.3 cm³/mol. The van der Waals surface area contributed by atoms with E-state index in [-0.39, 0.29) is 5.92 Å². The number of Topliss-reactive ketones (excluding diaryl/α,β-unsaturated/α-hetero) is 1. The van der Waals surface area contributed by atoms with Gasteiger partial charge in [0.15, 0.2) is 0 Å². The summed E-state index contributed by atoms with van der Waals surface area (Å²) in [5.41, 5.74) is 1.84. The molecule has 74 valence electrons. The molecule has 14 heavy (non-hydrogen) atoms. The SMILES string of the molecule is CC(C)C(=O)N=C1N=NNC(=O)C1=O. The van der Waals surface area contributed by atoms with Crippen molar-refractivity contribution in [2.75, 3.05) is 0 Å². The van der Waals surface area contributed by atoms with Gasteiger partial charge in [-0.15, -0.1) is 5.11 Å². The molecule has 0 saturated carbocycles. The molecule has 1 heterocycles. The second-order valence-corrected chi connectivity index (χ2v) is 2.90. The maximum absolute atomic E-state index is 11.1. The van der Waals surface area contributed by atoms with Gasteiger partial charge in [-0.3, -0.25) is 14.4 Å². The standard InChI is InChI=1S/C7H8N4O3/c1-3(2)6(13)8-5-4(12)7(14)10-11-9-5/h3H,1-2H3,(H,8,9,10,13,14). The van der Waals surface area contributed by atoms with E-state index in [0.29, 0.717) is 0 Å². The minimum absolute atomic E-state index is 0.351. The van der Waals surface area contributed by atoms with E-state index in [0.717, 1.165) is 0 Å². The molecular weight excluding hydrogens is 188 g/mol. The lowest BCUT2D eigenvalue weighted by Crippen LogP contribution is -2.36. The Kier molecular flexibility index (Phi) is 2.80. The smallest absolute Gasteiger partial charge is 0.279 e. The van der Waals surface area contributed by atoms with E-state index in [1.807, 2.05) is 5.43 Å². The molecule has 1 aliphatic heterocycles. The summed E-state index contributed by atoms with van der Waals surface area (Å²) >= 11 is 0. The quantitative estimate of drug-likeness (QED) is 0.579. The fourth-order valence-corrected chi connectivity index (χ4v) is 0.622. The van der Waals surface area contributed by atoms with Gasteiger partial charge in [0.2, 0.25) is 11.7 Å². The van der Waals surface area contributed by atoms with Crippen LogP contribution in [-0.4, -0.2) is 23.4 Å². The predicted octanol–water partition coefficient (Wildman–Crippen LogP) is -0.366. The van der Waals surface area contributed by atoms with E-state index in [9.17, 15) is 14.4 Å². The van der Waals surface area contributed by atoms with Crippen molar-refractivity contribution >= 4 is 23.4 Å². The van der Waals surface area contributed by atoms with E-state index >= 15 is 0 Å². The van der Waals surface area contributed by atoms with Gasteiger partial charge in [-0.1, -0.05) is 19.1 Å². The van der Waals surface area contributed by atoms with Crippen LogP contribution in [0.25, 0.3) is 0 Å². The van der Waals surface area contributed by atoms with E-state index < -0.39 is 23.4 Å². The molecule has 0 aliphatic carbocycles. The molecule has 0 aromatic carbocycles.